The molecule has 0 bridgehead atoms. The Bertz CT molecular complexity index is 217. The number of nitrogens with two attached hydrogens (primary N) is 1. The lowest BCUT2D eigenvalue weighted by Gasteiger charge is -2.22. The Kier molecular flexibility index (Phi) is 6.55. The number of nitrogens with one attached hydrogen (secondary N) is 1. The van der Waals surface area contributed by atoms with Crippen molar-refractivity contribution >= 4 is 5.91 Å². The van der Waals surface area contributed by atoms with Crippen LogP contribution in [0.2, 0.25) is 0 Å². The van der Waals surface area contributed by atoms with E-state index in [2.05, 4.69) is 5.32 Å². The highest BCUT2D eigenvalue weighted by Gasteiger charge is 2.24. The molecule has 96 valence electrons. The number of rotatable bonds is 8. The van der Waals surface area contributed by atoms with Crippen LogP contribution in [0.3, 0.4) is 0 Å². The summed E-state index contributed by atoms with van der Waals surface area (Å²) in [7, 11) is 0. The van der Waals surface area contributed by atoms with Crippen LogP contribution in [-0.4, -0.2) is 42.9 Å². The molecule has 0 saturated heterocycles. The highest BCUT2D eigenvalue weighted by molar-refractivity contribution is 5.80. The summed E-state index contributed by atoms with van der Waals surface area (Å²) in [5, 5.41) is 12.5. The van der Waals surface area contributed by atoms with Gasteiger partial charge in [0.25, 0.3) is 0 Å². The van der Waals surface area contributed by atoms with E-state index in [0.29, 0.717) is 19.7 Å². The Hall–Kier alpha value is -0.650. The number of hydrogen-bond donors (Lipinski definition) is 3. The van der Waals surface area contributed by atoms with E-state index >= 15 is 0 Å². The predicted octanol–water partition coefficient (Wildman–Crippen LogP) is -0.127. The number of amides is 1. The van der Waals surface area contributed by atoms with E-state index in [1.165, 1.54) is 0 Å². The molecule has 0 aliphatic heterocycles. The average molecular weight is 232 g/mol. The van der Waals surface area contributed by atoms with E-state index in [1.807, 2.05) is 13.8 Å². The number of aliphatic hydroxyl groups excluding tert-OH is 1. The molecule has 1 atom stereocenters. The largest absolute Gasteiger partial charge is 0.389 e. The third kappa shape index (κ3) is 6.76. The molecule has 5 heteroatoms. The fraction of sp³-hybridized carbons (Fsp3) is 0.909. The zero-order valence-electron chi connectivity index (χ0n) is 10.6. The second-order valence-electron chi connectivity index (χ2n) is 4.91. The van der Waals surface area contributed by atoms with Crippen molar-refractivity contribution in [3.8, 4) is 0 Å². The lowest BCUT2D eigenvalue weighted by atomic mass is 9.93. The maximum Gasteiger partial charge on any atom is 0.224 e. The standard InChI is InChI=1S/C11H24N2O3/c1-8(2)16-6-9(14)5-13-7-11(3,4)10(12)15/h8-9,13-14H,5-7H2,1-4H3,(H2,12,15). The first kappa shape index (κ1) is 15.3. The summed E-state index contributed by atoms with van der Waals surface area (Å²) in [6.07, 6.45) is -0.456. The molecule has 0 aliphatic carbocycles. The number of aliphatic hydroxyl groups is 1. The van der Waals surface area contributed by atoms with E-state index in [1.54, 1.807) is 13.8 Å². The van der Waals surface area contributed by atoms with Crippen LogP contribution in [-0.2, 0) is 9.53 Å². The van der Waals surface area contributed by atoms with Gasteiger partial charge in [-0.2, -0.15) is 0 Å². The maximum absolute atomic E-state index is 11.0. The fourth-order valence-electron chi connectivity index (χ4n) is 1.00. The molecule has 0 spiro atoms. The number of carbonyl (C=O) groups is 1. The van der Waals surface area contributed by atoms with Crippen molar-refractivity contribution in [3.05, 3.63) is 0 Å². The number of carbonyl (C=O) groups excluding carboxylic acids is 1. The van der Waals surface area contributed by atoms with Crippen LogP contribution in [0.1, 0.15) is 27.7 Å². The molecule has 0 heterocycles. The lowest BCUT2D eigenvalue weighted by molar-refractivity contribution is -0.125. The van der Waals surface area contributed by atoms with Gasteiger partial charge in [0.1, 0.15) is 0 Å². The lowest BCUT2D eigenvalue weighted by Crippen LogP contribution is -2.43. The van der Waals surface area contributed by atoms with Gasteiger partial charge in [-0.25, -0.2) is 0 Å². The molecule has 4 N–H and O–H groups in total. The van der Waals surface area contributed by atoms with Gasteiger partial charge >= 0.3 is 0 Å². The van der Waals surface area contributed by atoms with E-state index in [0.717, 1.165) is 0 Å². The van der Waals surface area contributed by atoms with Crippen LogP contribution in [0.5, 0.6) is 0 Å². The summed E-state index contributed by atoms with van der Waals surface area (Å²) < 4.78 is 5.25. The molecule has 0 aromatic carbocycles. The van der Waals surface area contributed by atoms with E-state index in [-0.39, 0.29) is 12.0 Å². The molecule has 1 unspecified atom stereocenters. The summed E-state index contributed by atoms with van der Waals surface area (Å²) in [5.74, 6) is -0.354. The second-order valence-corrected chi connectivity index (χ2v) is 4.91. The Morgan fingerprint density at radius 2 is 2.06 bits per heavy atom. The molecule has 1 amide bonds. The monoisotopic (exact) mass is 232 g/mol. The summed E-state index contributed by atoms with van der Waals surface area (Å²) >= 11 is 0. The van der Waals surface area contributed by atoms with Gasteiger partial charge in [0.15, 0.2) is 0 Å². The van der Waals surface area contributed by atoms with Crippen LogP contribution in [0.4, 0.5) is 0 Å². The van der Waals surface area contributed by atoms with Crippen molar-refractivity contribution < 1.29 is 14.6 Å². The van der Waals surface area contributed by atoms with Crippen LogP contribution in [0.25, 0.3) is 0 Å². The second kappa shape index (κ2) is 6.83. The molecular formula is C11H24N2O3. The molecule has 0 aromatic heterocycles. The zero-order chi connectivity index (χ0) is 12.8. The first-order chi connectivity index (χ1) is 7.25. The molecule has 0 saturated carbocycles. The summed E-state index contributed by atoms with van der Waals surface area (Å²) in [6, 6.07) is 0. The SMILES string of the molecule is CC(C)OCC(O)CNCC(C)(C)C(N)=O. The van der Waals surface area contributed by atoms with Crippen molar-refractivity contribution in [2.24, 2.45) is 11.1 Å². The van der Waals surface area contributed by atoms with Crippen LogP contribution in [0.15, 0.2) is 0 Å². The summed E-state index contributed by atoms with van der Waals surface area (Å²) in [6.45, 7) is 8.48. The Labute approximate surface area is 97.3 Å². The van der Waals surface area contributed by atoms with Crippen molar-refractivity contribution in [3.63, 3.8) is 0 Å². The Balaban J connectivity index is 3.69. The van der Waals surface area contributed by atoms with Crippen molar-refractivity contribution in [2.75, 3.05) is 19.7 Å². The minimum absolute atomic E-state index is 0.108. The maximum atomic E-state index is 11.0. The van der Waals surface area contributed by atoms with Gasteiger partial charge < -0.3 is 20.9 Å². The van der Waals surface area contributed by atoms with Crippen LogP contribution >= 0.6 is 0 Å². The van der Waals surface area contributed by atoms with E-state index in [9.17, 15) is 9.90 Å². The minimum atomic E-state index is -0.599. The van der Waals surface area contributed by atoms with Crippen molar-refractivity contribution in [2.45, 2.75) is 39.9 Å². The summed E-state index contributed by atoms with van der Waals surface area (Å²) in [4.78, 5) is 11.0. The first-order valence-electron chi connectivity index (χ1n) is 5.56. The average Bonchev–Trinajstić information content (AvgIpc) is 2.14. The van der Waals surface area contributed by atoms with Crippen molar-refractivity contribution in [1.29, 1.82) is 0 Å². The van der Waals surface area contributed by atoms with Crippen LogP contribution in [0, 0.1) is 5.41 Å². The van der Waals surface area contributed by atoms with Gasteiger partial charge in [0.05, 0.1) is 24.2 Å². The molecular weight excluding hydrogens is 208 g/mol. The Morgan fingerprint density at radius 3 is 2.50 bits per heavy atom. The van der Waals surface area contributed by atoms with Gasteiger partial charge in [-0.1, -0.05) is 0 Å². The fourth-order valence-corrected chi connectivity index (χ4v) is 1.00. The minimum Gasteiger partial charge on any atom is -0.389 e. The smallest absolute Gasteiger partial charge is 0.224 e. The predicted molar refractivity (Wildman–Crippen MR) is 62.9 cm³/mol. The van der Waals surface area contributed by atoms with Gasteiger partial charge in [-0.3, -0.25) is 4.79 Å². The third-order valence-electron chi connectivity index (χ3n) is 2.24. The zero-order valence-corrected chi connectivity index (χ0v) is 10.6. The molecule has 0 fully saturated rings. The highest BCUT2D eigenvalue weighted by Crippen LogP contribution is 2.11. The topological polar surface area (TPSA) is 84.6 Å². The molecule has 5 nitrogen and oxygen atoms in total. The van der Waals surface area contributed by atoms with E-state index < -0.39 is 11.5 Å². The quantitative estimate of drug-likeness (QED) is 0.544. The first-order valence-corrected chi connectivity index (χ1v) is 5.56. The van der Waals surface area contributed by atoms with Gasteiger partial charge in [-0.15, -0.1) is 0 Å². The highest BCUT2D eigenvalue weighted by atomic mass is 16.5. The van der Waals surface area contributed by atoms with Crippen molar-refractivity contribution in [1.82, 2.24) is 5.32 Å². The number of primary amides is 1. The van der Waals surface area contributed by atoms with Gasteiger partial charge in [-0.05, 0) is 27.7 Å². The van der Waals surface area contributed by atoms with Gasteiger partial charge in [0, 0.05) is 13.1 Å². The Morgan fingerprint density at radius 1 is 1.50 bits per heavy atom. The van der Waals surface area contributed by atoms with E-state index in [4.69, 9.17) is 10.5 Å². The number of ether oxygens (including phenoxy) is 1. The molecule has 0 radical (unpaired) electrons. The molecule has 0 rings (SSSR count). The third-order valence-corrected chi connectivity index (χ3v) is 2.24. The molecule has 0 aromatic rings. The van der Waals surface area contributed by atoms with Crippen LogP contribution < -0.4 is 11.1 Å². The van der Waals surface area contributed by atoms with Gasteiger partial charge in [0.2, 0.25) is 5.91 Å². The number of hydrogen-bond acceptors (Lipinski definition) is 4. The molecule has 0 aliphatic rings. The normalized spacial score (nSPS) is 14.1. The molecule has 16 heavy (non-hydrogen) atoms. The summed E-state index contributed by atoms with van der Waals surface area (Å²) in [5.41, 5.74) is 4.62.